The van der Waals surface area contributed by atoms with E-state index < -0.39 is 5.60 Å². The van der Waals surface area contributed by atoms with Crippen molar-refractivity contribution in [2.75, 3.05) is 25.1 Å². The second-order valence-corrected chi connectivity index (χ2v) is 7.52. The molecule has 2 N–H and O–H groups in total. The summed E-state index contributed by atoms with van der Waals surface area (Å²) in [6, 6.07) is 8.19. The van der Waals surface area contributed by atoms with Crippen LogP contribution in [0.3, 0.4) is 0 Å². The quantitative estimate of drug-likeness (QED) is 0.861. The van der Waals surface area contributed by atoms with Crippen molar-refractivity contribution in [1.29, 1.82) is 0 Å². The molecule has 5 heteroatoms. The van der Waals surface area contributed by atoms with Crippen molar-refractivity contribution < 1.29 is 14.6 Å². The number of rotatable bonds is 5. The van der Waals surface area contributed by atoms with Crippen LogP contribution in [-0.2, 0) is 4.79 Å². The maximum absolute atomic E-state index is 12.4. The minimum atomic E-state index is -0.788. The molecule has 0 radical (unpaired) electrons. The van der Waals surface area contributed by atoms with Gasteiger partial charge in [0.2, 0.25) is 5.91 Å². The highest BCUT2D eigenvalue weighted by molar-refractivity contribution is 5.77. The number of hydrogen-bond acceptors (Lipinski definition) is 4. The number of nitrogens with zero attached hydrogens (tertiary/aromatic N) is 1. The van der Waals surface area contributed by atoms with Crippen molar-refractivity contribution in [2.24, 2.45) is 0 Å². The molecule has 1 aromatic rings. The van der Waals surface area contributed by atoms with E-state index in [1.54, 1.807) is 7.11 Å². The smallest absolute Gasteiger partial charge is 0.223 e. The Bertz CT molecular complexity index is 584. The van der Waals surface area contributed by atoms with Crippen LogP contribution < -0.4 is 15.0 Å². The first-order valence-electron chi connectivity index (χ1n) is 9.49. The number of carbonyl (C=O) groups excluding carboxylic acids is 1. The Morgan fingerprint density at radius 2 is 2.12 bits per heavy atom. The Morgan fingerprint density at radius 3 is 2.88 bits per heavy atom. The highest BCUT2D eigenvalue weighted by Crippen LogP contribution is 2.31. The van der Waals surface area contributed by atoms with Crippen molar-refractivity contribution in [1.82, 2.24) is 5.32 Å². The molecule has 1 unspecified atom stereocenters. The lowest BCUT2D eigenvalue weighted by Crippen LogP contribution is -2.49. The van der Waals surface area contributed by atoms with Gasteiger partial charge in [-0.2, -0.15) is 0 Å². The average molecular weight is 346 g/mol. The molecule has 0 spiro atoms. The van der Waals surface area contributed by atoms with Crippen molar-refractivity contribution in [3.05, 3.63) is 24.3 Å². The van der Waals surface area contributed by atoms with Gasteiger partial charge in [-0.15, -0.1) is 0 Å². The number of ether oxygens (including phenoxy) is 1. The Labute approximate surface area is 150 Å². The molecule has 1 heterocycles. The molecule has 0 aromatic heterocycles. The topological polar surface area (TPSA) is 61.8 Å². The van der Waals surface area contributed by atoms with Gasteiger partial charge in [-0.3, -0.25) is 4.79 Å². The average Bonchev–Trinajstić information content (AvgIpc) is 2.62. The summed E-state index contributed by atoms with van der Waals surface area (Å²) < 4.78 is 5.31. The van der Waals surface area contributed by atoms with E-state index in [1.165, 1.54) is 6.42 Å². The maximum atomic E-state index is 12.4. The number of benzene rings is 1. The third-order valence-electron chi connectivity index (χ3n) is 5.48. The van der Waals surface area contributed by atoms with Crippen LogP contribution in [0.1, 0.15) is 51.4 Å². The van der Waals surface area contributed by atoms with Crippen LogP contribution >= 0.6 is 0 Å². The lowest BCUT2D eigenvalue weighted by Gasteiger charge is -2.36. The number of anilines is 1. The summed E-state index contributed by atoms with van der Waals surface area (Å²) in [5.74, 6) is 0.838. The number of piperidine rings is 1. The molecule has 138 valence electrons. The van der Waals surface area contributed by atoms with Gasteiger partial charge >= 0.3 is 0 Å². The monoisotopic (exact) mass is 346 g/mol. The molecule has 1 aliphatic heterocycles. The number of carbonyl (C=O) groups is 1. The van der Waals surface area contributed by atoms with E-state index in [0.29, 0.717) is 0 Å². The molecule has 1 saturated heterocycles. The third-order valence-corrected chi connectivity index (χ3v) is 5.48. The molecule has 5 nitrogen and oxygen atoms in total. The molecule has 1 amide bonds. The van der Waals surface area contributed by atoms with E-state index >= 15 is 0 Å². The first kappa shape index (κ1) is 18.1. The summed E-state index contributed by atoms with van der Waals surface area (Å²) in [5.41, 5.74) is 0.341. The summed E-state index contributed by atoms with van der Waals surface area (Å²) in [6.07, 6.45) is 7.00. The Balaban J connectivity index is 1.55. The van der Waals surface area contributed by atoms with E-state index in [4.69, 9.17) is 4.74 Å². The van der Waals surface area contributed by atoms with Crippen LogP contribution in [0.15, 0.2) is 24.3 Å². The van der Waals surface area contributed by atoms with Gasteiger partial charge in [0.25, 0.3) is 0 Å². The van der Waals surface area contributed by atoms with Crippen molar-refractivity contribution >= 4 is 11.6 Å². The van der Waals surface area contributed by atoms with Crippen molar-refractivity contribution in [2.45, 2.75) is 63.0 Å². The van der Waals surface area contributed by atoms with Gasteiger partial charge in [0.15, 0.2) is 0 Å². The normalized spacial score (nSPS) is 23.1. The van der Waals surface area contributed by atoms with Crippen LogP contribution in [0.25, 0.3) is 0 Å². The molecule has 1 atom stereocenters. The Kier molecular flexibility index (Phi) is 5.84. The van der Waals surface area contributed by atoms with Crippen molar-refractivity contribution in [3.8, 4) is 5.75 Å². The Hall–Kier alpha value is -1.75. The third kappa shape index (κ3) is 4.88. The zero-order chi connectivity index (χ0) is 17.7. The molecular formula is C20H30N2O3. The largest absolute Gasteiger partial charge is 0.497 e. The first-order chi connectivity index (χ1) is 12.1. The van der Waals surface area contributed by atoms with Crippen LogP contribution in [0.5, 0.6) is 5.75 Å². The van der Waals surface area contributed by atoms with Gasteiger partial charge in [0.05, 0.1) is 19.1 Å². The Morgan fingerprint density at radius 1 is 1.32 bits per heavy atom. The molecular weight excluding hydrogens is 316 g/mol. The van der Waals surface area contributed by atoms with Gasteiger partial charge in [0, 0.05) is 30.9 Å². The fourth-order valence-electron chi connectivity index (χ4n) is 4.10. The zero-order valence-electron chi connectivity index (χ0n) is 15.2. The van der Waals surface area contributed by atoms with Gasteiger partial charge in [-0.1, -0.05) is 25.3 Å². The molecule has 1 aromatic carbocycles. The van der Waals surface area contributed by atoms with E-state index in [9.17, 15) is 9.90 Å². The number of nitrogens with one attached hydrogen (secondary N) is 1. The molecule has 1 aliphatic carbocycles. The second kappa shape index (κ2) is 8.09. The van der Waals surface area contributed by atoms with E-state index in [2.05, 4.69) is 16.3 Å². The number of aliphatic hydroxyl groups is 1. The number of amides is 1. The first-order valence-corrected chi connectivity index (χ1v) is 9.49. The summed E-state index contributed by atoms with van der Waals surface area (Å²) in [4.78, 5) is 14.7. The summed E-state index contributed by atoms with van der Waals surface area (Å²) >= 11 is 0. The van der Waals surface area contributed by atoms with Gasteiger partial charge < -0.3 is 20.1 Å². The van der Waals surface area contributed by atoms with Crippen LogP contribution in [0.2, 0.25) is 0 Å². The van der Waals surface area contributed by atoms with Gasteiger partial charge in [-0.25, -0.2) is 0 Å². The van der Waals surface area contributed by atoms with Gasteiger partial charge in [0.1, 0.15) is 5.75 Å². The van der Waals surface area contributed by atoms with E-state index in [-0.39, 0.29) is 18.4 Å². The van der Waals surface area contributed by atoms with Crippen molar-refractivity contribution in [3.63, 3.8) is 0 Å². The number of hydrogen-bond donors (Lipinski definition) is 2. The van der Waals surface area contributed by atoms with Crippen LogP contribution in [0.4, 0.5) is 5.69 Å². The summed E-state index contributed by atoms with van der Waals surface area (Å²) in [7, 11) is 1.67. The fraction of sp³-hybridized carbons (Fsp3) is 0.650. The second-order valence-electron chi connectivity index (χ2n) is 7.52. The molecule has 2 fully saturated rings. The van der Waals surface area contributed by atoms with Gasteiger partial charge in [-0.05, 0) is 37.8 Å². The maximum Gasteiger partial charge on any atom is 0.223 e. The zero-order valence-corrected chi connectivity index (χ0v) is 15.2. The van der Waals surface area contributed by atoms with Crippen LogP contribution in [-0.4, -0.2) is 42.9 Å². The lowest BCUT2D eigenvalue weighted by atomic mass is 9.82. The highest BCUT2D eigenvalue weighted by atomic mass is 16.5. The molecule has 3 rings (SSSR count). The SMILES string of the molecule is COc1cccc(N2CCCC(NC(=O)CC3(O)CCCCC3)C2)c1. The lowest BCUT2D eigenvalue weighted by molar-refractivity contribution is -0.128. The van der Waals surface area contributed by atoms with E-state index in [0.717, 1.165) is 63.1 Å². The summed E-state index contributed by atoms with van der Waals surface area (Å²) in [5, 5.41) is 13.7. The van der Waals surface area contributed by atoms with E-state index in [1.807, 2.05) is 18.2 Å². The molecule has 25 heavy (non-hydrogen) atoms. The predicted molar refractivity (Wildman–Crippen MR) is 99.0 cm³/mol. The highest BCUT2D eigenvalue weighted by Gasteiger charge is 2.32. The minimum Gasteiger partial charge on any atom is -0.497 e. The minimum absolute atomic E-state index is 0.0121. The standard InChI is InChI=1S/C20H30N2O3/c1-25-18-9-5-8-17(13-18)22-12-6-7-16(15-22)21-19(23)14-20(24)10-3-2-4-11-20/h5,8-9,13,16,24H,2-4,6-7,10-12,14-15H2,1H3,(H,21,23). The molecule has 0 bridgehead atoms. The number of methoxy groups -OCH3 is 1. The summed E-state index contributed by atoms with van der Waals surface area (Å²) in [6.45, 7) is 1.79. The molecule has 1 saturated carbocycles. The fourth-order valence-corrected chi connectivity index (χ4v) is 4.10. The molecule has 2 aliphatic rings. The predicted octanol–water partition coefficient (Wildman–Crippen LogP) is 2.87. The van der Waals surface area contributed by atoms with Crippen LogP contribution in [0, 0.1) is 0 Å².